The minimum Gasteiger partial charge on any atom is -0.493 e. The van der Waals surface area contributed by atoms with Crippen LogP contribution in [0.2, 0.25) is 0 Å². The standard InChI is InChI=1S/C26H20N4O3S/c1-32-23-11-10-16(13-24(23)33-2)21-14-18(17-7-3-4-8-19(17)28-21)25(31)30-26-29-22(15-34-26)20-9-5-6-12-27-20/h3-15H,1-2H3,(H,29,30,31). The Morgan fingerprint density at radius 1 is 0.853 bits per heavy atom. The molecule has 3 heterocycles. The maximum Gasteiger partial charge on any atom is 0.258 e. The molecule has 168 valence electrons. The first kappa shape index (κ1) is 21.5. The van der Waals surface area contributed by atoms with Crippen LogP contribution in [0.3, 0.4) is 0 Å². The van der Waals surface area contributed by atoms with Gasteiger partial charge in [0.2, 0.25) is 0 Å². The van der Waals surface area contributed by atoms with Crippen molar-refractivity contribution < 1.29 is 14.3 Å². The summed E-state index contributed by atoms with van der Waals surface area (Å²) in [5.74, 6) is 0.950. The van der Waals surface area contributed by atoms with Crippen LogP contribution in [0.4, 0.5) is 5.13 Å². The zero-order valence-electron chi connectivity index (χ0n) is 18.5. The summed E-state index contributed by atoms with van der Waals surface area (Å²) in [6.07, 6.45) is 1.71. The van der Waals surface area contributed by atoms with Crippen molar-refractivity contribution in [2.75, 3.05) is 19.5 Å². The second-order valence-electron chi connectivity index (χ2n) is 7.35. The highest BCUT2D eigenvalue weighted by atomic mass is 32.1. The van der Waals surface area contributed by atoms with Gasteiger partial charge in [-0.15, -0.1) is 11.3 Å². The number of thiazole rings is 1. The molecule has 0 aliphatic rings. The van der Waals surface area contributed by atoms with Gasteiger partial charge in [-0.3, -0.25) is 15.1 Å². The topological polar surface area (TPSA) is 86.2 Å². The van der Waals surface area contributed by atoms with Crippen LogP contribution in [0.1, 0.15) is 10.4 Å². The molecule has 7 nitrogen and oxygen atoms in total. The summed E-state index contributed by atoms with van der Waals surface area (Å²) in [6, 6.07) is 20.5. The lowest BCUT2D eigenvalue weighted by Gasteiger charge is -2.12. The molecule has 0 bridgehead atoms. The van der Waals surface area contributed by atoms with Gasteiger partial charge in [-0.05, 0) is 42.5 Å². The molecule has 0 fully saturated rings. The molecule has 0 unspecified atom stereocenters. The van der Waals surface area contributed by atoms with E-state index in [1.165, 1.54) is 11.3 Å². The first-order valence-electron chi connectivity index (χ1n) is 10.5. The Bertz CT molecular complexity index is 1480. The van der Waals surface area contributed by atoms with Gasteiger partial charge in [0.05, 0.1) is 36.7 Å². The van der Waals surface area contributed by atoms with Gasteiger partial charge < -0.3 is 9.47 Å². The normalized spacial score (nSPS) is 10.8. The van der Waals surface area contributed by atoms with E-state index in [1.807, 2.05) is 66.0 Å². The molecule has 5 aromatic rings. The molecule has 1 amide bonds. The number of nitrogens with one attached hydrogen (secondary N) is 1. The monoisotopic (exact) mass is 468 g/mol. The predicted molar refractivity (Wildman–Crippen MR) is 134 cm³/mol. The van der Waals surface area contributed by atoms with E-state index < -0.39 is 0 Å². The highest BCUT2D eigenvalue weighted by molar-refractivity contribution is 7.14. The number of hydrogen-bond acceptors (Lipinski definition) is 7. The summed E-state index contributed by atoms with van der Waals surface area (Å²) < 4.78 is 10.8. The number of amides is 1. The van der Waals surface area contributed by atoms with Crippen LogP contribution < -0.4 is 14.8 Å². The zero-order valence-corrected chi connectivity index (χ0v) is 19.3. The number of benzene rings is 2. The first-order chi connectivity index (χ1) is 16.7. The van der Waals surface area contributed by atoms with Crippen molar-refractivity contribution >= 4 is 33.3 Å². The number of anilines is 1. The Morgan fingerprint density at radius 2 is 1.68 bits per heavy atom. The van der Waals surface area contributed by atoms with Gasteiger partial charge in [-0.1, -0.05) is 24.3 Å². The molecule has 1 N–H and O–H groups in total. The van der Waals surface area contributed by atoms with Crippen LogP contribution in [-0.4, -0.2) is 35.1 Å². The summed E-state index contributed by atoms with van der Waals surface area (Å²) in [7, 11) is 3.17. The lowest BCUT2D eigenvalue weighted by Crippen LogP contribution is -2.13. The number of fused-ring (bicyclic) bond motifs is 1. The van der Waals surface area contributed by atoms with Crippen LogP contribution in [0, 0.1) is 0 Å². The summed E-state index contributed by atoms with van der Waals surface area (Å²) in [5, 5.41) is 6.06. The molecule has 3 aromatic heterocycles. The van der Waals surface area contributed by atoms with E-state index in [-0.39, 0.29) is 5.91 Å². The van der Waals surface area contributed by atoms with E-state index in [0.717, 1.165) is 16.6 Å². The van der Waals surface area contributed by atoms with Gasteiger partial charge in [-0.25, -0.2) is 9.97 Å². The number of aromatic nitrogens is 3. The molecule has 34 heavy (non-hydrogen) atoms. The van der Waals surface area contributed by atoms with Crippen molar-refractivity contribution in [2.45, 2.75) is 0 Å². The van der Waals surface area contributed by atoms with E-state index >= 15 is 0 Å². The lowest BCUT2D eigenvalue weighted by molar-refractivity contribution is 0.102. The molecule has 0 spiro atoms. The van der Waals surface area contributed by atoms with Crippen LogP contribution in [0.15, 0.2) is 78.3 Å². The quantitative estimate of drug-likeness (QED) is 0.345. The Hall–Kier alpha value is -4.30. The molecule has 0 aliphatic heterocycles. The number of pyridine rings is 2. The second kappa shape index (κ2) is 9.29. The molecule has 0 aliphatic carbocycles. The molecule has 5 rings (SSSR count). The molecule has 0 radical (unpaired) electrons. The van der Waals surface area contributed by atoms with Crippen LogP contribution in [0.5, 0.6) is 11.5 Å². The van der Waals surface area contributed by atoms with Crippen LogP contribution in [0.25, 0.3) is 33.5 Å². The van der Waals surface area contributed by atoms with Gasteiger partial charge in [0.25, 0.3) is 5.91 Å². The van der Waals surface area contributed by atoms with Gasteiger partial charge in [-0.2, -0.15) is 0 Å². The summed E-state index contributed by atoms with van der Waals surface area (Å²) >= 11 is 1.35. The average Bonchev–Trinajstić information content (AvgIpc) is 3.36. The zero-order chi connectivity index (χ0) is 23.5. The van der Waals surface area contributed by atoms with Crippen molar-refractivity contribution in [3.05, 3.63) is 83.9 Å². The highest BCUT2D eigenvalue weighted by Crippen LogP contribution is 2.33. The SMILES string of the molecule is COc1ccc(-c2cc(C(=O)Nc3nc(-c4ccccn4)cs3)c3ccccc3n2)cc1OC. The maximum atomic E-state index is 13.3. The highest BCUT2D eigenvalue weighted by Gasteiger charge is 2.17. The maximum absolute atomic E-state index is 13.3. The number of para-hydroxylation sites is 1. The van der Waals surface area contributed by atoms with Crippen LogP contribution >= 0.6 is 11.3 Å². The predicted octanol–water partition coefficient (Wildman–Crippen LogP) is 5.69. The van der Waals surface area contributed by atoms with E-state index in [9.17, 15) is 4.79 Å². The van der Waals surface area contributed by atoms with Gasteiger partial charge in [0.15, 0.2) is 16.6 Å². The minimum absolute atomic E-state index is 0.262. The molecule has 8 heteroatoms. The summed E-state index contributed by atoms with van der Waals surface area (Å²) in [4.78, 5) is 27.0. The Morgan fingerprint density at radius 3 is 2.47 bits per heavy atom. The number of rotatable bonds is 6. The Labute approximate surface area is 200 Å². The smallest absolute Gasteiger partial charge is 0.258 e. The number of hydrogen-bond donors (Lipinski definition) is 1. The Kier molecular flexibility index (Phi) is 5.88. The van der Waals surface area contributed by atoms with Gasteiger partial charge in [0, 0.05) is 22.5 Å². The van der Waals surface area contributed by atoms with E-state index in [4.69, 9.17) is 14.5 Å². The average molecular weight is 469 g/mol. The van der Waals surface area contributed by atoms with Crippen molar-refractivity contribution in [2.24, 2.45) is 0 Å². The van der Waals surface area contributed by atoms with Crippen molar-refractivity contribution in [1.82, 2.24) is 15.0 Å². The molecular weight excluding hydrogens is 448 g/mol. The molecule has 2 aromatic carbocycles. The van der Waals surface area contributed by atoms with Crippen molar-refractivity contribution in [3.63, 3.8) is 0 Å². The van der Waals surface area contributed by atoms with Gasteiger partial charge in [0.1, 0.15) is 5.69 Å². The summed E-state index contributed by atoms with van der Waals surface area (Å²) in [6.45, 7) is 0. The fourth-order valence-electron chi connectivity index (χ4n) is 3.63. The number of nitrogens with zero attached hydrogens (tertiary/aromatic N) is 3. The number of carbonyl (C=O) groups is 1. The van der Waals surface area contributed by atoms with E-state index in [2.05, 4.69) is 15.3 Å². The number of methoxy groups -OCH3 is 2. The summed E-state index contributed by atoms with van der Waals surface area (Å²) in [5.41, 5.74) is 4.15. The molecule has 0 atom stereocenters. The first-order valence-corrected chi connectivity index (χ1v) is 11.3. The van der Waals surface area contributed by atoms with E-state index in [0.29, 0.717) is 39.1 Å². The molecule has 0 saturated heterocycles. The minimum atomic E-state index is -0.262. The van der Waals surface area contributed by atoms with Gasteiger partial charge >= 0.3 is 0 Å². The largest absolute Gasteiger partial charge is 0.493 e. The second-order valence-corrected chi connectivity index (χ2v) is 8.21. The number of ether oxygens (including phenoxy) is 2. The third-order valence-electron chi connectivity index (χ3n) is 5.29. The van der Waals surface area contributed by atoms with Crippen molar-refractivity contribution in [1.29, 1.82) is 0 Å². The third-order valence-corrected chi connectivity index (χ3v) is 6.05. The lowest BCUT2D eigenvalue weighted by atomic mass is 10.0. The fraction of sp³-hybridized carbons (Fsp3) is 0.0769. The molecule has 0 saturated carbocycles. The van der Waals surface area contributed by atoms with Crippen molar-refractivity contribution in [3.8, 4) is 34.1 Å². The fourth-order valence-corrected chi connectivity index (χ4v) is 4.33. The third kappa shape index (κ3) is 4.18. The van der Waals surface area contributed by atoms with Crippen LogP contribution in [-0.2, 0) is 0 Å². The number of carbonyl (C=O) groups excluding carboxylic acids is 1. The Balaban J connectivity index is 1.52. The molecular formula is C26H20N4O3S. The van der Waals surface area contributed by atoms with E-state index in [1.54, 1.807) is 26.5 Å².